The molecule has 1 amide bonds. The third-order valence-electron chi connectivity index (χ3n) is 3.27. The second-order valence-corrected chi connectivity index (χ2v) is 5.58. The maximum Gasteiger partial charge on any atom is 0.346 e. The fourth-order valence-electron chi connectivity index (χ4n) is 2.20. The van der Waals surface area contributed by atoms with Crippen molar-refractivity contribution in [1.29, 1.82) is 0 Å². The highest BCUT2D eigenvalue weighted by Gasteiger charge is 2.23. The van der Waals surface area contributed by atoms with E-state index in [1.54, 1.807) is 5.38 Å². The van der Waals surface area contributed by atoms with Crippen LogP contribution >= 0.6 is 11.3 Å². The predicted octanol–water partition coefficient (Wildman–Crippen LogP) is 2.23. The second kappa shape index (κ2) is 6.06. The largest absolute Gasteiger partial charge is 0.483 e. The van der Waals surface area contributed by atoms with E-state index in [2.05, 4.69) is 0 Å². The number of hydrogen-bond donors (Lipinski definition) is 1. The van der Waals surface area contributed by atoms with E-state index in [4.69, 9.17) is 9.84 Å². The number of nitrogens with zero attached hydrogens (tertiary/aromatic N) is 1. The van der Waals surface area contributed by atoms with Gasteiger partial charge in [-0.3, -0.25) is 4.79 Å². The van der Waals surface area contributed by atoms with Crippen molar-refractivity contribution in [2.45, 2.75) is 32.2 Å². The summed E-state index contributed by atoms with van der Waals surface area (Å²) in [4.78, 5) is 24.8. The summed E-state index contributed by atoms with van der Waals surface area (Å²) in [5, 5.41) is 10.4. The van der Waals surface area contributed by atoms with Crippen molar-refractivity contribution in [3.63, 3.8) is 0 Å². The molecular formula is C13H17NO4S. The predicted molar refractivity (Wildman–Crippen MR) is 71.8 cm³/mol. The fourth-order valence-corrected chi connectivity index (χ4v) is 2.87. The maximum atomic E-state index is 12.0. The van der Waals surface area contributed by atoms with Gasteiger partial charge in [0.2, 0.25) is 0 Å². The molecule has 5 nitrogen and oxygen atoms in total. The van der Waals surface area contributed by atoms with Crippen molar-refractivity contribution in [2.75, 3.05) is 13.2 Å². The molecule has 0 aliphatic carbocycles. The summed E-state index contributed by atoms with van der Waals surface area (Å²) in [6.07, 6.45) is 3.24. The first kappa shape index (κ1) is 13.9. The van der Waals surface area contributed by atoms with Gasteiger partial charge in [0.1, 0.15) is 10.6 Å². The molecule has 1 atom stereocenters. The van der Waals surface area contributed by atoms with E-state index in [9.17, 15) is 9.59 Å². The summed E-state index contributed by atoms with van der Waals surface area (Å²) in [5.74, 6) is -0.563. The molecule has 1 aliphatic heterocycles. The smallest absolute Gasteiger partial charge is 0.346 e. The topological polar surface area (TPSA) is 66.8 Å². The van der Waals surface area contributed by atoms with E-state index in [-0.39, 0.29) is 23.4 Å². The molecule has 0 aromatic carbocycles. The number of ether oxygens (including phenoxy) is 1. The van der Waals surface area contributed by atoms with E-state index in [1.165, 1.54) is 6.07 Å². The number of rotatable bonds is 4. The first-order valence-corrected chi connectivity index (χ1v) is 7.20. The van der Waals surface area contributed by atoms with Gasteiger partial charge >= 0.3 is 5.97 Å². The molecule has 0 bridgehead atoms. The number of thiophene rings is 1. The van der Waals surface area contributed by atoms with Gasteiger partial charge in [0.05, 0.1) is 0 Å². The Balaban J connectivity index is 1.87. The van der Waals surface area contributed by atoms with Crippen LogP contribution in [0.5, 0.6) is 5.75 Å². The molecule has 1 unspecified atom stereocenters. The molecular weight excluding hydrogens is 266 g/mol. The number of carbonyl (C=O) groups is 2. The lowest BCUT2D eigenvalue weighted by molar-refractivity contribution is -0.136. The molecule has 1 aromatic rings. The van der Waals surface area contributed by atoms with E-state index < -0.39 is 5.97 Å². The highest BCUT2D eigenvalue weighted by Crippen LogP contribution is 2.22. The summed E-state index contributed by atoms with van der Waals surface area (Å²) >= 11 is 1.10. The molecule has 0 radical (unpaired) electrons. The van der Waals surface area contributed by atoms with Crippen molar-refractivity contribution in [2.24, 2.45) is 0 Å². The van der Waals surface area contributed by atoms with Crippen molar-refractivity contribution in [3.8, 4) is 5.75 Å². The normalized spacial score (nSPS) is 19.2. The molecule has 2 heterocycles. The molecule has 2 rings (SSSR count). The lowest BCUT2D eigenvalue weighted by Gasteiger charge is -2.33. The third kappa shape index (κ3) is 3.47. The van der Waals surface area contributed by atoms with Crippen LogP contribution in [-0.2, 0) is 4.79 Å². The average Bonchev–Trinajstić information content (AvgIpc) is 2.85. The van der Waals surface area contributed by atoms with Gasteiger partial charge in [-0.05, 0) is 26.2 Å². The van der Waals surface area contributed by atoms with Crippen LogP contribution in [0.15, 0.2) is 11.4 Å². The molecule has 1 saturated heterocycles. The van der Waals surface area contributed by atoms with Gasteiger partial charge in [-0.1, -0.05) is 0 Å². The summed E-state index contributed by atoms with van der Waals surface area (Å²) in [7, 11) is 0. The van der Waals surface area contributed by atoms with Crippen LogP contribution in [0.1, 0.15) is 35.9 Å². The number of carbonyl (C=O) groups excluding carboxylic acids is 1. The minimum Gasteiger partial charge on any atom is -0.483 e. The maximum absolute atomic E-state index is 12.0. The quantitative estimate of drug-likeness (QED) is 0.920. The Morgan fingerprint density at radius 1 is 1.53 bits per heavy atom. The molecule has 1 fully saturated rings. The number of amides is 1. The Bertz CT molecular complexity index is 471. The summed E-state index contributed by atoms with van der Waals surface area (Å²) < 4.78 is 5.36. The number of likely N-dealkylation sites (tertiary alicyclic amines) is 1. The minimum atomic E-state index is -0.976. The van der Waals surface area contributed by atoms with E-state index >= 15 is 0 Å². The van der Waals surface area contributed by atoms with Crippen molar-refractivity contribution in [3.05, 3.63) is 16.3 Å². The first-order valence-electron chi connectivity index (χ1n) is 6.32. The average molecular weight is 283 g/mol. The highest BCUT2D eigenvalue weighted by atomic mass is 32.1. The molecule has 6 heteroatoms. The van der Waals surface area contributed by atoms with Crippen LogP contribution in [0.2, 0.25) is 0 Å². The van der Waals surface area contributed by atoms with Crippen molar-refractivity contribution in [1.82, 2.24) is 4.90 Å². The Morgan fingerprint density at radius 3 is 2.95 bits per heavy atom. The van der Waals surface area contributed by atoms with Gasteiger partial charge in [0.15, 0.2) is 6.61 Å². The van der Waals surface area contributed by atoms with Crippen molar-refractivity contribution >= 4 is 23.2 Å². The minimum absolute atomic E-state index is 0.0276. The second-order valence-electron chi connectivity index (χ2n) is 4.67. The zero-order valence-corrected chi connectivity index (χ0v) is 11.6. The zero-order chi connectivity index (χ0) is 13.8. The van der Waals surface area contributed by atoms with Gasteiger partial charge in [-0.15, -0.1) is 11.3 Å². The van der Waals surface area contributed by atoms with E-state index in [1.807, 2.05) is 11.8 Å². The van der Waals surface area contributed by atoms with Gasteiger partial charge < -0.3 is 14.7 Å². The molecule has 1 aromatic heterocycles. The third-order valence-corrected chi connectivity index (χ3v) is 4.17. The Morgan fingerprint density at radius 2 is 2.32 bits per heavy atom. The van der Waals surface area contributed by atoms with E-state index in [0.29, 0.717) is 5.75 Å². The summed E-state index contributed by atoms with van der Waals surface area (Å²) in [6, 6.07) is 1.71. The highest BCUT2D eigenvalue weighted by molar-refractivity contribution is 7.12. The zero-order valence-electron chi connectivity index (χ0n) is 10.8. The molecule has 0 spiro atoms. The van der Waals surface area contributed by atoms with Gasteiger partial charge in [0.25, 0.3) is 5.91 Å². The Kier molecular flexibility index (Phi) is 4.42. The van der Waals surface area contributed by atoms with Crippen LogP contribution < -0.4 is 4.74 Å². The van der Waals surface area contributed by atoms with Gasteiger partial charge in [0, 0.05) is 24.0 Å². The number of hydrogen-bond acceptors (Lipinski definition) is 4. The SMILES string of the molecule is CC1CCCCN1C(=O)COc1csc(C(=O)O)c1. The molecule has 0 saturated carbocycles. The number of piperidine rings is 1. The van der Waals surface area contributed by atoms with E-state index in [0.717, 1.165) is 37.1 Å². The van der Waals surface area contributed by atoms with Crippen LogP contribution in [0.4, 0.5) is 0 Å². The Hall–Kier alpha value is -1.56. The molecule has 1 N–H and O–H groups in total. The van der Waals surface area contributed by atoms with Crippen LogP contribution in [-0.4, -0.2) is 41.1 Å². The van der Waals surface area contributed by atoms with Crippen LogP contribution in [0, 0.1) is 0 Å². The Labute approximate surface area is 115 Å². The first-order chi connectivity index (χ1) is 9.08. The summed E-state index contributed by atoms with van der Waals surface area (Å²) in [5.41, 5.74) is 0. The van der Waals surface area contributed by atoms with Gasteiger partial charge in [-0.2, -0.15) is 0 Å². The fraction of sp³-hybridized carbons (Fsp3) is 0.538. The molecule has 104 valence electrons. The lowest BCUT2D eigenvalue weighted by Crippen LogP contribution is -2.44. The number of aromatic carboxylic acids is 1. The molecule has 1 aliphatic rings. The molecule has 19 heavy (non-hydrogen) atoms. The van der Waals surface area contributed by atoms with Crippen LogP contribution in [0.3, 0.4) is 0 Å². The number of carboxylic acids is 1. The van der Waals surface area contributed by atoms with Crippen LogP contribution in [0.25, 0.3) is 0 Å². The standard InChI is InChI=1S/C13H17NO4S/c1-9-4-2-3-5-14(9)12(15)7-18-10-6-11(13(16)17)19-8-10/h6,8-9H,2-5,7H2,1H3,(H,16,17). The summed E-state index contributed by atoms with van der Waals surface area (Å²) in [6.45, 7) is 2.80. The monoisotopic (exact) mass is 283 g/mol. The number of carboxylic acid groups (broad SMARTS) is 1. The van der Waals surface area contributed by atoms with Gasteiger partial charge in [-0.25, -0.2) is 4.79 Å². The lowest BCUT2D eigenvalue weighted by atomic mass is 10.0. The van der Waals surface area contributed by atoms with Crippen molar-refractivity contribution < 1.29 is 19.4 Å².